The van der Waals surface area contributed by atoms with E-state index in [1.807, 2.05) is 12.1 Å². The maximum atomic E-state index is 12.2. The van der Waals surface area contributed by atoms with E-state index in [0.29, 0.717) is 12.2 Å². The number of carbonyl (C=O) groups excluding carboxylic acids is 2. The standard InChI is InChI=1S/C17H19NO3/c1-2-3-5-8-14-13-15(19)11-12-18(14)17(20)21-16-9-6-4-7-10-16/h2,4,6-7,9-12,14H,1,3,5,8,13H2/t14-/m0/s1. The van der Waals surface area contributed by atoms with Crippen molar-refractivity contribution in [2.75, 3.05) is 0 Å². The number of rotatable bonds is 5. The highest BCUT2D eigenvalue weighted by molar-refractivity contribution is 5.92. The Bertz CT molecular complexity index is 536. The average Bonchev–Trinajstić information content (AvgIpc) is 2.48. The Morgan fingerprint density at radius 3 is 2.86 bits per heavy atom. The van der Waals surface area contributed by atoms with Gasteiger partial charge in [-0.3, -0.25) is 9.69 Å². The SMILES string of the molecule is C=CCCC[C@H]1CC(=O)C=CN1C(=O)Oc1ccccc1. The molecule has 0 saturated heterocycles. The van der Waals surface area contributed by atoms with Crippen molar-refractivity contribution < 1.29 is 14.3 Å². The molecule has 1 aromatic carbocycles. The number of carbonyl (C=O) groups is 2. The van der Waals surface area contributed by atoms with Crippen LogP contribution in [0.1, 0.15) is 25.7 Å². The fraction of sp³-hybridized carbons (Fsp3) is 0.294. The first kappa shape index (κ1) is 15.0. The summed E-state index contributed by atoms with van der Waals surface area (Å²) in [7, 11) is 0. The van der Waals surface area contributed by atoms with E-state index in [9.17, 15) is 9.59 Å². The van der Waals surface area contributed by atoms with Gasteiger partial charge in [0.25, 0.3) is 0 Å². The van der Waals surface area contributed by atoms with Crippen molar-refractivity contribution in [2.24, 2.45) is 0 Å². The van der Waals surface area contributed by atoms with Crippen molar-refractivity contribution in [3.8, 4) is 5.75 Å². The number of para-hydroxylation sites is 1. The van der Waals surface area contributed by atoms with Crippen molar-refractivity contribution in [1.29, 1.82) is 0 Å². The monoisotopic (exact) mass is 285 g/mol. The van der Waals surface area contributed by atoms with Crippen LogP contribution in [0, 0.1) is 0 Å². The molecular formula is C17H19NO3. The molecule has 0 saturated carbocycles. The highest BCUT2D eigenvalue weighted by Gasteiger charge is 2.28. The molecule has 0 unspecified atom stereocenters. The van der Waals surface area contributed by atoms with E-state index < -0.39 is 6.09 Å². The molecule has 1 aromatic rings. The number of ether oxygens (including phenoxy) is 1. The van der Waals surface area contributed by atoms with Gasteiger partial charge in [0.2, 0.25) is 0 Å². The second kappa shape index (κ2) is 7.43. The number of hydrogen-bond acceptors (Lipinski definition) is 3. The van der Waals surface area contributed by atoms with Gasteiger partial charge >= 0.3 is 6.09 Å². The summed E-state index contributed by atoms with van der Waals surface area (Å²) < 4.78 is 5.33. The maximum Gasteiger partial charge on any atom is 0.419 e. The van der Waals surface area contributed by atoms with E-state index in [1.54, 1.807) is 24.3 Å². The number of nitrogens with zero attached hydrogens (tertiary/aromatic N) is 1. The topological polar surface area (TPSA) is 46.6 Å². The van der Waals surface area contributed by atoms with Crippen LogP contribution in [0.4, 0.5) is 4.79 Å². The number of allylic oxidation sites excluding steroid dienone is 2. The van der Waals surface area contributed by atoms with Crippen molar-refractivity contribution in [1.82, 2.24) is 4.90 Å². The number of benzene rings is 1. The van der Waals surface area contributed by atoms with Crippen molar-refractivity contribution in [2.45, 2.75) is 31.7 Å². The van der Waals surface area contributed by atoms with Gasteiger partial charge in [0.1, 0.15) is 5.75 Å². The lowest BCUT2D eigenvalue weighted by Gasteiger charge is -2.30. The van der Waals surface area contributed by atoms with Crippen LogP contribution >= 0.6 is 0 Å². The molecule has 0 aliphatic carbocycles. The summed E-state index contributed by atoms with van der Waals surface area (Å²) in [6.07, 6.45) is 7.21. The molecule has 1 amide bonds. The van der Waals surface area contributed by atoms with Crippen LogP contribution in [0.25, 0.3) is 0 Å². The lowest BCUT2D eigenvalue weighted by atomic mass is 10.00. The van der Waals surface area contributed by atoms with Gasteiger partial charge in [-0.15, -0.1) is 6.58 Å². The summed E-state index contributed by atoms with van der Waals surface area (Å²) in [5, 5.41) is 0. The molecule has 0 radical (unpaired) electrons. The molecule has 4 heteroatoms. The van der Waals surface area contributed by atoms with Gasteiger partial charge in [0.05, 0.1) is 0 Å². The Morgan fingerprint density at radius 1 is 1.38 bits per heavy atom. The third-order valence-electron chi connectivity index (χ3n) is 3.36. The molecule has 1 heterocycles. The van der Waals surface area contributed by atoms with E-state index in [2.05, 4.69) is 6.58 Å². The van der Waals surface area contributed by atoms with Crippen LogP contribution in [-0.2, 0) is 4.79 Å². The molecule has 21 heavy (non-hydrogen) atoms. The largest absolute Gasteiger partial charge is 0.419 e. The van der Waals surface area contributed by atoms with Crippen LogP contribution < -0.4 is 4.74 Å². The molecule has 0 bridgehead atoms. The normalized spacial score (nSPS) is 17.6. The minimum atomic E-state index is -0.450. The van der Waals surface area contributed by atoms with Crippen LogP contribution in [0.15, 0.2) is 55.3 Å². The number of unbranched alkanes of at least 4 members (excludes halogenated alkanes) is 1. The maximum absolute atomic E-state index is 12.2. The highest BCUT2D eigenvalue weighted by Crippen LogP contribution is 2.20. The van der Waals surface area contributed by atoms with E-state index >= 15 is 0 Å². The fourth-order valence-corrected chi connectivity index (χ4v) is 2.27. The van der Waals surface area contributed by atoms with Gasteiger partial charge in [0.15, 0.2) is 5.78 Å². The van der Waals surface area contributed by atoms with Gasteiger partial charge in [-0.05, 0) is 37.5 Å². The predicted octanol–water partition coefficient (Wildman–Crippen LogP) is 3.70. The first-order valence-corrected chi connectivity index (χ1v) is 7.08. The second-order valence-corrected chi connectivity index (χ2v) is 4.95. The van der Waals surface area contributed by atoms with Crippen LogP contribution in [-0.4, -0.2) is 22.8 Å². The zero-order chi connectivity index (χ0) is 15.1. The lowest BCUT2D eigenvalue weighted by Crippen LogP contribution is -2.41. The van der Waals surface area contributed by atoms with Crippen LogP contribution in [0.5, 0.6) is 5.75 Å². The number of hydrogen-bond donors (Lipinski definition) is 0. The molecule has 0 N–H and O–H groups in total. The quantitative estimate of drug-likeness (QED) is 0.612. The Kier molecular flexibility index (Phi) is 5.32. The number of amides is 1. The van der Waals surface area contributed by atoms with E-state index in [0.717, 1.165) is 19.3 Å². The molecule has 1 aliphatic heterocycles. The minimum absolute atomic E-state index is 0.0439. The number of ketones is 1. The molecule has 0 fully saturated rings. The third-order valence-corrected chi connectivity index (χ3v) is 3.36. The Hall–Kier alpha value is -2.36. The van der Waals surface area contributed by atoms with Gasteiger partial charge in [0, 0.05) is 18.7 Å². The van der Waals surface area contributed by atoms with Crippen molar-refractivity contribution in [3.63, 3.8) is 0 Å². The Morgan fingerprint density at radius 2 is 2.14 bits per heavy atom. The van der Waals surface area contributed by atoms with Gasteiger partial charge in [-0.1, -0.05) is 24.3 Å². The predicted molar refractivity (Wildman–Crippen MR) is 80.9 cm³/mol. The second-order valence-electron chi connectivity index (χ2n) is 4.95. The molecule has 110 valence electrons. The van der Waals surface area contributed by atoms with Crippen molar-refractivity contribution >= 4 is 11.9 Å². The molecular weight excluding hydrogens is 266 g/mol. The van der Waals surface area contributed by atoms with E-state index in [4.69, 9.17) is 4.74 Å². The van der Waals surface area contributed by atoms with Crippen LogP contribution in [0.3, 0.4) is 0 Å². The lowest BCUT2D eigenvalue weighted by molar-refractivity contribution is -0.116. The van der Waals surface area contributed by atoms with E-state index in [1.165, 1.54) is 17.2 Å². The van der Waals surface area contributed by atoms with Gasteiger partial charge in [-0.2, -0.15) is 0 Å². The Labute approximate surface area is 124 Å². The first-order valence-electron chi connectivity index (χ1n) is 7.08. The summed E-state index contributed by atoms with van der Waals surface area (Å²) in [5.74, 6) is 0.542. The first-order chi connectivity index (χ1) is 10.2. The molecule has 1 aliphatic rings. The molecule has 4 nitrogen and oxygen atoms in total. The van der Waals surface area contributed by atoms with Gasteiger partial charge in [-0.25, -0.2) is 4.79 Å². The zero-order valence-electron chi connectivity index (χ0n) is 11.9. The molecule has 1 atom stereocenters. The Balaban J connectivity index is 2.03. The average molecular weight is 285 g/mol. The fourth-order valence-electron chi connectivity index (χ4n) is 2.27. The molecule has 0 aromatic heterocycles. The summed E-state index contributed by atoms with van der Waals surface area (Å²) in [5.41, 5.74) is 0. The van der Waals surface area contributed by atoms with Gasteiger partial charge < -0.3 is 4.74 Å². The summed E-state index contributed by atoms with van der Waals surface area (Å²) in [6, 6.07) is 8.78. The minimum Gasteiger partial charge on any atom is -0.410 e. The molecule has 2 rings (SSSR count). The molecule has 0 spiro atoms. The smallest absolute Gasteiger partial charge is 0.410 e. The summed E-state index contributed by atoms with van der Waals surface area (Å²) >= 11 is 0. The zero-order valence-corrected chi connectivity index (χ0v) is 11.9. The third kappa shape index (κ3) is 4.31. The van der Waals surface area contributed by atoms with Crippen molar-refractivity contribution in [3.05, 3.63) is 55.3 Å². The summed E-state index contributed by atoms with van der Waals surface area (Å²) in [6.45, 7) is 3.68. The van der Waals surface area contributed by atoms with Crippen LogP contribution in [0.2, 0.25) is 0 Å². The highest BCUT2D eigenvalue weighted by atomic mass is 16.6. The summed E-state index contributed by atoms with van der Waals surface area (Å²) in [4.78, 5) is 25.3. The van der Waals surface area contributed by atoms with E-state index in [-0.39, 0.29) is 11.8 Å².